The Kier molecular flexibility index (Phi) is 4.03. The highest BCUT2D eigenvalue weighted by Gasteiger charge is 2.61. The molecule has 0 unspecified atom stereocenters. The first-order valence-corrected chi connectivity index (χ1v) is 9.65. The van der Waals surface area contributed by atoms with Gasteiger partial charge in [-0.3, -0.25) is 4.90 Å². The molecule has 1 spiro atoms. The second-order valence-corrected chi connectivity index (χ2v) is 8.07. The summed E-state index contributed by atoms with van der Waals surface area (Å²) in [6.07, 6.45) is 4.93. The van der Waals surface area contributed by atoms with Gasteiger partial charge in [-0.25, -0.2) is 4.79 Å². The third-order valence-corrected chi connectivity index (χ3v) is 6.50. The number of ether oxygens (including phenoxy) is 1. The molecule has 2 heterocycles. The molecule has 4 rings (SSSR count). The summed E-state index contributed by atoms with van der Waals surface area (Å²) in [5, 5.41) is 12.4. The van der Waals surface area contributed by atoms with E-state index in [9.17, 15) is 9.90 Å². The lowest BCUT2D eigenvalue weighted by atomic mass is 9.77. The molecule has 2 fully saturated rings. The largest absolute Gasteiger partial charge is 0.438 e. The van der Waals surface area contributed by atoms with Gasteiger partial charge in [0.2, 0.25) is 0 Å². The summed E-state index contributed by atoms with van der Waals surface area (Å²) in [5.74, 6) is 0. The van der Waals surface area contributed by atoms with Crippen LogP contribution in [0.5, 0.6) is 0 Å². The van der Waals surface area contributed by atoms with Crippen LogP contribution in [0.1, 0.15) is 55.8 Å². The molecule has 2 aliphatic rings. The van der Waals surface area contributed by atoms with Crippen molar-refractivity contribution in [1.82, 2.24) is 9.88 Å². The van der Waals surface area contributed by atoms with Crippen LogP contribution in [-0.2, 0) is 11.2 Å². The SMILES string of the molecule is Cc1[nH]c2c(C)cccc2c1CCN1C(=O)OC2(CCCCC2)[C@]1(C)O. The lowest BCUT2D eigenvalue weighted by Crippen LogP contribution is -2.57. The molecule has 2 aromatic rings. The van der Waals surface area contributed by atoms with Crippen LogP contribution in [0.15, 0.2) is 18.2 Å². The molecule has 0 radical (unpaired) electrons. The average Bonchev–Trinajstić information content (AvgIpc) is 3.00. The monoisotopic (exact) mass is 356 g/mol. The molecule has 1 amide bonds. The molecule has 1 aromatic carbocycles. The highest BCUT2D eigenvalue weighted by atomic mass is 16.6. The van der Waals surface area contributed by atoms with Crippen molar-refractivity contribution in [3.8, 4) is 0 Å². The first-order chi connectivity index (χ1) is 12.4. The molecule has 1 saturated carbocycles. The molecule has 140 valence electrons. The number of aromatic nitrogens is 1. The number of para-hydroxylation sites is 1. The van der Waals surface area contributed by atoms with E-state index in [2.05, 4.69) is 37.0 Å². The minimum absolute atomic E-state index is 0.384. The van der Waals surface area contributed by atoms with Crippen LogP contribution >= 0.6 is 0 Å². The number of H-pyrrole nitrogens is 1. The summed E-state index contributed by atoms with van der Waals surface area (Å²) in [7, 11) is 0. The van der Waals surface area contributed by atoms with Gasteiger partial charge in [0.05, 0.1) is 0 Å². The summed E-state index contributed by atoms with van der Waals surface area (Å²) < 4.78 is 5.75. The van der Waals surface area contributed by atoms with E-state index in [1.165, 1.54) is 21.4 Å². The highest BCUT2D eigenvalue weighted by molar-refractivity contribution is 5.87. The van der Waals surface area contributed by atoms with E-state index in [0.717, 1.165) is 43.3 Å². The maximum atomic E-state index is 12.6. The topological polar surface area (TPSA) is 65.6 Å². The third-order valence-electron chi connectivity index (χ3n) is 6.50. The van der Waals surface area contributed by atoms with Gasteiger partial charge in [0.1, 0.15) is 0 Å². The lowest BCUT2D eigenvalue weighted by molar-refractivity contribution is -0.158. The molecule has 0 bridgehead atoms. The Morgan fingerprint density at radius 3 is 2.69 bits per heavy atom. The van der Waals surface area contributed by atoms with Crippen LogP contribution in [0.2, 0.25) is 0 Å². The smallest absolute Gasteiger partial charge is 0.412 e. The molecular formula is C21H28N2O3. The van der Waals surface area contributed by atoms with Crippen LogP contribution < -0.4 is 0 Å². The van der Waals surface area contributed by atoms with Gasteiger partial charge < -0.3 is 14.8 Å². The molecule has 1 aromatic heterocycles. The van der Waals surface area contributed by atoms with E-state index in [1.54, 1.807) is 6.92 Å². The summed E-state index contributed by atoms with van der Waals surface area (Å²) in [6, 6.07) is 6.27. The molecule has 5 heteroatoms. The molecular weight excluding hydrogens is 328 g/mol. The van der Waals surface area contributed by atoms with Crippen LogP contribution in [0.3, 0.4) is 0 Å². The van der Waals surface area contributed by atoms with E-state index in [1.807, 2.05) is 0 Å². The first-order valence-electron chi connectivity index (χ1n) is 9.65. The van der Waals surface area contributed by atoms with Gasteiger partial charge in [-0.2, -0.15) is 0 Å². The number of carbonyl (C=O) groups excluding carboxylic acids is 1. The number of carbonyl (C=O) groups is 1. The highest BCUT2D eigenvalue weighted by Crippen LogP contribution is 2.47. The Labute approximate surface area is 154 Å². The van der Waals surface area contributed by atoms with Crippen LogP contribution in [-0.4, -0.2) is 39.0 Å². The van der Waals surface area contributed by atoms with E-state index in [-0.39, 0.29) is 6.09 Å². The molecule has 1 saturated heterocycles. The standard InChI is InChI=1S/C21H28N2O3/c1-14-8-7-9-17-16(15(2)22-18(14)17)10-13-23-19(24)26-21(20(23,3)25)11-5-4-6-12-21/h7-9,22,25H,4-6,10-13H2,1-3H3/t20-/m0/s1. The predicted molar refractivity (Wildman–Crippen MR) is 101 cm³/mol. The Bertz CT molecular complexity index is 846. The summed E-state index contributed by atoms with van der Waals surface area (Å²) in [5.41, 5.74) is 2.70. The minimum Gasteiger partial charge on any atom is -0.438 e. The molecule has 26 heavy (non-hydrogen) atoms. The normalized spacial score (nSPS) is 25.2. The number of hydrogen-bond acceptors (Lipinski definition) is 3. The van der Waals surface area contributed by atoms with E-state index in [4.69, 9.17) is 4.74 Å². The zero-order valence-electron chi connectivity index (χ0n) is 15.9. The lowest BCUT2D eigenvalue weighted by Gasteiger charge is -2.42. The van der Waals surface area contributed by atoms with Gasteiger partial charge in [0.15, 0.2) is 11.3 Å². The summed E-state index contributed by atoms with van der Waals surface area (Å²) in [6.45, 7) is 6.36. The van der Waals surface area contributed by atoms with Crippen molar-refractivity contribution in [2.24, 2.45) is 0 Å². The van der Waals surface area contributed by atoms with Crippen molar-refractivity contribution in [2.75, 3.05) is 6.54 Å². The fourth-order valence-corrected chi connectivity index (χ4v) is 4.85. The van der Waals surface area contributed by atoms with Crippen molar-refractivity contribution in [3.63, 3.8) is 0 Å². The maximum absolute atomic E-state index is 12.6. The Morgan fingerprint density at radius 1 is 1.23 bits per heavy atom. The second-order valence-electron chi connectivity index (χ2n) is 8.07. The van der Waals surface area contributed by atoms with Gasteiger partial charge >= 0.3 is 6.09 Å². The molecule has 1 aliphatic heterocycles. The number of rotatable bonds is 3. The molecule has 1 aliphatic carbocycles. The Hall–Kier alpha value is -2.01. The summed E-state index contributed by atoms with van der Waals surface area (Å²) in [4.78, 5) is 17.6. The van der Waals surface area contributed by atoms with Crippen molar-refractivity contribution in [2.45, 2.75) is 70.6 Å². The number of benzene rings is 1. The number of nitrogens with one attached hydrogen (secondary N) is 1. The quantitative estimate of drug-likeness (QED) is 0.866. The molecule has 5 nitrogen and oxygen atoms in total. The van der Waals surface area contributed by atoms with Crippen LogP contribution in [0.25, 0.3) is 10.9 Å². The zero-order chi connectivity index (χ0) is 18.5. The second kappa shape index (κ2) is 6.02. The van der Waals surface area contributed by atoms with Gasteiger partial charge in [-0.05, 0) is 64.0 Å². The Morgan fingerprint density at radius 2 is 1.96 bits per heavy atom. The predicted octanol–water partition coefficient (Wildman–Crippen LogP) is 4.19. The fourth-order valence-electron chi connectivity index (χ4n) is 4.85. The van der Waals surface area contributed by atoms with Gasteiger partial charge in [0, 0.05) is 23.1 Å². The number of amides is 1. The molecule has 2 N–H and O–H groups in total. The summed E-state index contributed by atoms with van der Waals surface area (Å²) >= 11 is 0. The first kappa shape index (κ1) is 17.4. The molecule has 1 atom stereocenters. The minimum atomic E-state index is -1.25. The number of aliphatic hydroxyl groups is 1. The fraction of sp³-hybridized carbons (Fsp3) is 0.571. The van der Waals surface area contributed by atoms with Crippen LogP contribution in [0.4, 0.5) is 4.79 Å². The number of aromatic amines is 1. The van der Waals surface area contributed by atoms with E-state index in [0.29, 0.717) is 13.0 Å². The van der Waals surface area contributed by atoms with Crippen molar-refractivity contribution in [3.05, 3.63) is 35.0 Å². The van der Waals surface area contributed by atoms with Crippen molar-refractivity contribution >= 4 is 17.0 Å². The third kappa shape index (κ3) is 2.44. The van der Waals surface area contributed by atoms with E-state index < -0.39 is 11.3 Å². The number of fused-ring (bicyclic) bond motifs is 1. The van der Waals surface area contributed by atoms with Gasteiger partial charge in [-0.1, -0.05) is 24.6 Å². The van der Waals surface area contributed by atoms with Gasteiger partial charge in [-0.15, -0.1) is 0 Å². The van der Waals surface area contributed by atoms with Crippen molar-refractivity contribution in [1.29, 1.82) is 0 Å². The average molecular weight is 356 g/mol. The zero-order valence-corrected chi connectivity index (χ0v) is 15.9. The number of hydrogen-bond donors (Lipinski definition) is 2. The van der Waals surface area contributed by atoms with Gasteiger partial charge in [0.25, 0.3) is 0 Å². The number of nitrogens with zero attached hydrogens (tertiary/aromatic N) is 1. The maximum Gasteiger partial charge on any atom is 0.412 e. The van der Waals surface area contributed by atoms with Crippen LogP contribution in [0, 0.1) is 13.8 Å². The Balaban J connectivity index is 1.59. The van der Waals surface area contributed by atoms with E-state index >= 15 is 0 Å². The number of aryl methyl sites for hydroxylation is 2. The van der Waals surface area contributed by atoms with Crippen molar-refractivity contribution < 1.29 is 14.6 Å².